The van der Waals surface area contributed by atoms with Gasteiger partial charge in [-0.1, -0.05) is 18.7 Å². The van der Waals surface area contributed by atoms with E-state index in [0.29, 0.717) is 11.3 Å². The Labute approximate surface area is 183 Å². The van der Waals surface area contributed by atoms with Crippen molar-refractivity contribution in [3.8, 4) is 0 Å². The molecule has 3 aromatic rings. The highest BCUT2D eigenvalue weighted by Gasteiger charge is 2.19. The Kier molecular flexibility index (Phi) is 6.37. The molecule has 2 heterocycles. The molecule has 148 valence electrons. The van der Waals surface area contributed by atoms with Crippen molar-refractivity contribution in [2.45, 2.75) is 55.6 Å². The summed E-state index contributed by atoms with van der Waals surface area (Å²) in [6.07, 6.45) is 7.36. The summed E-state index contributed by atoms with van der Waals surface area (Å²) in [5.74, 6) is 0.446. The molecule has 0 fully saturated rings. The summed E-state index contributed by atoms with van der Waals surface area (Å²) in [6.45, 7) is 5.05. The van der Waals surface area contributed by atoms with Crippen LogP contribution in [0.15, 0.2) is 28.5 Å². The largest absolute Gasteiger partial charge is 0.382 e. The van der Waals surface area contributed by atoms with Crippen molar-refractivity contribution in [2.75, 3.05) is 18.8 Å². The maximum absolute atomic E-state index is 6.08. The Hall–Kier alpha value is -1.39. The average molecular weight is 508 g/mol. The highest BCUT2D eigenvalue weighted by molar-refractivity contribution is 14.1. The van der Waals surface area contributed by atoms with Gasteiger partial charge in [0.25, 0.3) is 0 Å². The number of nitrogens with one attached hydrogen (secondary N) is 1. The minimum Gasteiger partial charge on any atom is -0.382 e. The molecule has 0 bridgehead atoms. The van der Waals surface area contributed by atoms with Gasteiger partial charge in [0.2, 0.25) is 0 Å². The molecule has 6 nitrogen and oxygen atoms in total. The molecule has 0 atom stereocenters. The summed E-state index contributed by atoms with van der Waals surface area (Å²) in [5, 5.41) is 4.33. The minimum absolute atomic E-state index is 0.446. The predicted octanol–water partition coefficient (Wildman–Crippen LogP) is 4.04. The summed E-state index contributed by atoms with van der Waals surface area (Å²) >= 11 is 4.16. The topological polar surface area (TPSA) is 81.7 Å². The SMILES string of the molecule is CCNCCCCn1c(Sc2cc3c(cc2I)CCC3)nc2c(N)ncnc21. The van der Waals surface area contributed by atoms with Crippen molar-refractivity contribution in [3.05, 3.63) is 33.2 Å². The fourth-order valence-electron chi connectivity index (χ4n) is 3.66. The van der Waals surface area contributed by atoms with Crippen LogP contribution in [0.3, 0.4) is 0 Å². The van der Waals surface area contributed by atoms with E-state index in [1.165, 1.54) is 45.2 Å². The average Bonchev–Trinajstić information content (AvgIpc) is 3.27. The van der Waals surface area contributed by atoms with Crippen molar-refractivity contribution in [1.82, 2.24) is 24.8 Å². The first-order chi connectivity index (χ1) is 13.7. The molecular weight excluding hydrogens is 483 g/mol. The van der Waals surface area contributed by atoms with Crippen molar-refractivity contribution in [1.29, 1.82) is 0 Å². The first-order valence-corrected chi connectivity index (χ1v) is 11.7. The van der Waals surface area contributed by atoms with Crippen LogP contribution in [0, 0.1) is 3.57 Å². The van der Waals surface area contributed by atoms with Gasteiger partial charge in [0, 0.05) is 15.0 Å². The maximum Gasteiger partial charge on any atom is 0.175 e. The summed E-state index contributed by atoms with van der Waals surface area (Å²) in [5.41, 5.74) is 10.6. The molecule has 0 unspecified atom stereocenters. The van der Waals surface area contributed by atoms with Crippen LogP contribution in [0.4, 0.5) is 5.82 Å². The van der Waals surface area contributed by atoms with Gasteiger partial charge in [-0.25, -0.2) is 15.0 Å². The Morgan fingerprint density at radius 3 is 2.86 bits per heavy atom. The van der Waals surface area contributed by atoms with Gasteiger partial charge < -0.3 is 15.6 Å². The smallest absolute Gasteiger partial charge is 0.175 e. The van der Waals surface area contributed by atoms with Crippen LogP contribution in [0.2, 0.25) is 0 Å². The standard InChI is InChI=1S/C20H25IN6S/c1-2-23-8-3-4-9-27-19-17(18(22)24-12-25-19)26-20(27)28-16-11-14-7-5-6-13(14)10-15(16)21/h10-12,23H,2-9H2,1H3,(H2,22,24,25). The zero-order valence-corrected chi connectivity index (χ0v) is 19.0. The molecular formula is C20H25IN6S. The number of rotatable bonds is 8. The van der Waals surface area contributed by atoms with E-state index < -0.39 is 0 Å². The molecule has 4 rings (SSSR count). The third-order valence-electron chi connectivity index (χ3n) is 5.11. The Morgan fingerprint density at radius 1 is 1.21 bits per heavy atom. The minimum atomic E-state index is 0.446. The second-order valence-electron chi connectivity index (χ2n) is 7.04. The zero-order chi connectivity index (χ0) is 19.5. The van der Waals surface area contributed by atoms with Crippen LogP contribution in [-0.4, -0.2) is 32.6 Å². The predicted molar refractivity (Wildman–Crippen MR) is 123 cm³/mol. The van der Waals surface area contributed by atoms with E-state index in [1.807, 2.05) is 0 Å². The molecule has 0 radical (unpaired) electrons. The van der Waals surface area contributed by atoms with Gasteiger partial charge >= 0.3 is 0 Å². The number of unbranched alkanes of at least 4 members (excludes halogenated alkanes) is 1. The lowest BCUT2D eigenvalue weighted by Gasteiger charge is -2.11. The number of anilines is 1. The molecule has 3 N–H and O–H groups in total. The lowest BCUT2D eigenvalue weighted by Crippen LogP contribution is -2.14. The monoisotopic (exact) mass is 508 g/mol. The molecule has 1 aliphatic rings. The van der Waals surface area contributed by atoms with Crippen LogP contribution < -0.4 is 11.1 Å². The lowest BCUT2D eigenvalue weighted by atomic mass is 10.1. The van der Waals surface area contributed by atoms with Crippen molar-refractivity contribution >= 4 is 51.3 Å². The molecule has 0 saturated heterocycles. The van der Waals surface area contributed by atoms with Crippen LogP contribution in [-0.2, 0) is 19.4 Å². The van der Waals surface area contributed by atoms with Crippen LogP contribution in [0.1, 0.15) is 37.3 Å². The molecule has 0 aliphatic heterocycles. The number of nitrogens with zero attached hydrogens (tertiary/aromatic N) is 4. The van der Waals surface area contributed by atoms with Crippen molar-refractivity contribution in [2.24, 2.45) is 0 Å². The lowest BCUT2D eigenvalue weighted by molar-refractivity contribution is 0.558. The summed E-state index contributed by atoms with van der Waals surface area (Å²) in [7, 11) is 0. The number of hydrogen-bond acceptors (Lipinski definition) is 6. The first-order valence-electron chi connectivity index (χ1n) is 9.84. The van der Waals surface area contributed by atoms with Gasteiger partial charge in [-0.05, 0) is 91.0 Å². The number of hydrogen-bond donors (Lipinski definition) is 2. The molecule has 1 aromatic carbocycles. The second kappa shape index (κ2) is 8.96. The van der Waals surface area contributed by atoms with E-state index in [4.69, 9.17) is 10.7 Å². The van der Waals surface area contributed by atoms with Crippen LogP contribution >= 0.6 is 34.4 Å². The fraction of sp³-hybridized carbons (Fsp3) is 0.450. The third-order valence-corrected chi connectivity index (χ3v) is 7.42. The second-order valence-corrected chi connectivity index (χ2v) is 9.22. The number of fused-ring (bicyclic) bond motifs is 2. The number of nitrogen functional groups attached to an aromatic ring is 1. The fourth-order valence-corrected chi connectivity index (χ4v) is 5.50. The molecule has 0 spiro atoms. The summed E-state index contributed by atoms with van der Waals surface area (Å²) in [6, 6.07) is 4.68. The summed E-state index contributed by atoms with van der Waals surface area (Å²) < 4.78 is 3.49. The molecule has 1 aliphatic carbocycles. The van der Waals surface area contributed by atoms with Gasteiger partial charge in [-0.3, -0.25) is 0 Å². The van der Waals surface area contributed by atoms with E-state index in [0.717, 1.165) is 43.3 Å². The number of aryl methyl sites for hydroxylation is 3. The van der Waals surface area contributed by atoms with E-state index in [9.17, 15) is 0 Å². The highest BCUT2D eigenvalue weighted by Crippen LogP contribution is 2.37. The third kappa shape index (κ3) is 4.13. The Bertz CT molecular complexity index is 986. The van der Waals surface area contributed by atoms with Crippen molar-refractivity contribution < 1.29 is 0 Å². The summed E-state index contributed by atoms with van der Waals surface area (Å²) in [4.78, 5) is 14.7. The molecule has 0 amide bonds. The van der Waals surface area contributed by atoms with Crippen molar-refractivity contribution in [3.63, 3.8) is 0 Å². The van der Waals surface area contributed by atoms with Gasteiger partial charge in [-0.15, -0.1) is 0 Å². The first kappa shape index (κ1) is 19.9. The zero-order valence-electron chi connectivity index (χ0n) is 16.0. The van der Waals surface area contributed by atoms with Gasteiger partial charge in [-0.2, -0.15) is 0 Å². The Balaban J connectivity index is 1.64. The van der Waals surface area contributed by atoms with E-state index >= 15 is 0 Å². The molecule has 2 aromatic heterocycles. The molecule has 28 heavy (non-hydrogen) atoms. The van der Waals surface area contributed by atoms with E-state index in [1.54, 1.807) is 11.8 Å². The maximum atomic E-state index is 6.08. The molecule has 8 heteroatoms. The van der Waals surface area contributed by atoms with Gasteiger partial charge in [0.1, 0.15) is 6.33 Å². The van der Waals surface area contributed by atoms with Gasteiger partial charge in [0.05, 0.1) is 0 Å². The number of aromatic nitrogens is 4. The Morgan fingerprint density at radius 2 is 2.04 bits per heavy atom. The number of nitrogens with two attached hydrogens (primary N) is 1. The van der Waals surface area contributed by atoms with Crippen LogP contribution in [0.25, 0.3) is 11.2 Å². The highest BCUT2D eigenvalue weighted by atomic mass is 127. The number of benzene rings is 1. The number of halogens is 1. The van der Waals surface area contributed by atoms with Crippen LogP contribution in [0.5, 0.6) is 0 Å². The quantitative estimate of drug-likeness (QED) is 0.353. The normalized spacial score (nSPS) is 13.4. The van der Waals surface area contributed by atoms with E-state index in [2.05, 4.69) is 61.5 Å². The molecule has 0 saturated carbocycles. The number of imidazole rings is 1. The van der Waals surface area contributed by atoms with E-state index in [-0.39, 0.29) is 0 Å². The van der Waals surface area contributed by atoms with Gasteiger partial charge in [0.15, 0.2) is 22.1 Å².